The van der Waals surface area contributed by atoms with Crippen LogP contribution in [0.3, 0.4) is 0 Å². The summed E-state index contributed by atoms with van der Waals surface area (Å²) in [6, 6.07) is 4.17. The number of methoxy groups -OCH3 is 1. The molecule has 4 heteroatoms. The third-order valence-electron chi connectivity index (χ3n) is 5.44. The minimum atomic E-state index is -1.17. The second-order valence-electron chi connectivity index (χ2n) is 7.14. The van der Waals surface area contributed by atoms with Crippen LogP contribution in [0.25, 0.3) is 0 Å². The number of aryl methyl sites for hydroxylation is 3. The van der Waals surface area contributed by atoms with Crippen LogP contribution in [0.15, 0.2) is 12.1 Å². The molecular formula is C21H30O4. The molecule has 0 saturated heterocycles. The number of ether oxygens (including phenoxy) is 2. The van der Waals surface area contributed by atoms with Gasteiger partial charge in [-0.15, -0.1) is 0 Å². The number of esters is 1. The Bertz CT molecular complexity index is 626. The Kier molecular flexibility index (Phi) is 6.39. The summed E-state index contributed by atoms with van der Waals surface area (Å²) in [6.07, 6.45) is 2.88. The Morgan fingerprint density at radius 3 is 2.36 bits per heavy atom. The van der Waals surface area contributed by atoms with Gasteiger partial charge in [0.05, 0.1) is 12.7 Å². The first-order valence-corrected chi connectivity index (χ1v) is 9.16. The molecule has 0 radical (unpaired) electrons. The van der Waals surface area contributed by atoms with E-state index in [9.17, 15) is 9.59 Å². The first-order valence-electron chi connectivity index (χ1n) is 9.16. The number of rotatable bonds is 6. The van der Waals surface area contributed by atoms with Gasteiger partial charge in [0.2, 0.25) is 0 Å². The number of hydrogen-bond donors (Lipinski definition) is 0. The van der Waals surface area contributed by atoms with Gasteiger partial charge < -0.3 is 9.47 Å². The van der Waals surface area contributed by atoms with Crippen molar-refractivity contribution in [1.29, 1.82) is 0 Å². The van der Waals surface area contributed by atoms with E-state index < -0.39 is 17.5 Å². The third kappa shape index (κ3) is 3.79. The summed E-state index contributed by atoms with van der Waals surface area (Å²) >= 11 is 0. The van der Waals surface area contributed by atoms with E-state index in [2.05, 4.69) is 12.1 Å². The van der Waals surface area contributed by atoms with Gasteiger partial charge in [0.1, 0.15) is 0 Å². The fraction of sp³-hybridized carbons (Fsp3) is 0.619. The summed E-state index contributed by atoms with van der Waals surface area (Å²) in [4.78, 5) is 26.2. The molecule has 0 aliphatic heterocycles. The quantitative estimate of drug-likeness (QED) is 0.580. The van der Waals surface area contributed by atoms with Gasteiger partial charge in [-0.25, -0.2) is 0 Å². The summed E-state index contributed by atoms with van der Waals surface area (Å²) in [5.74, 6) is -0.499. The number of hydrogen-bond acceptors (Lipinski definition) is 4. The predicted molar refractivity (Wildman–Crippen MR) is 97.7 cm³/mol. The molecule has 2 rings (SSSR count). The van der Waals surface area contributed by atoms with Crippen molar-refractivity contribution in [3.8, 4) is 0 Å². The van der Waals surface area contributed by atoms with Crippen molar-refractivity contribution in [1.82, 2.24) is 0 Å². The van der Waals surface area contributed by atoms with E-state index in [0.717, 1.165) is 29.5 Å². The van der Waals surface area contributed by atoms with Crippen molar-refractivity contribution in [2.24, 2.45) is 5.41 Å². The Labute approximate surface area is 150 Å². The molecule has 1 fully saturated rings. The Hall–Kier alpha value is -1.68. The van der Waals surface area contributed by atoms with E-state index >= 15 is 0 Å². The highest BCUT2D eigenvalue weighted by Crippen LogP contribution is 2.41. The van der Waals surface area contributed by atoms with E-state index in [-0.39, 0.29) is 18.8 Å². The van der Waals surface area contributed by atoms with E-state index in [1.807, 2.05) is 20.8 Å². The van der Waals surface area contributed by atoms with Gasteiger partial charge in [-0.3, -0.25) is 9.59 Å². The van der Waals surface area contributed by atoms with Gasteiger partial charge in [0, 0.05) is 13.5 Å². The fourth-order valence-corrected chi connectivity index (χ4v) is 4.19. The standard InChI is InChI=1S/C21H30O4/c1-6-25-20(23)21(10-8-7-9-19(21)24-5)18(22)13-17-15(3)11-14(2)12-16(17)4/h11-12,19H,6-10,13H2,1-5H3. The predicted octanol–water partition coefficient (Wildman–Crippen LogP) is 3.86. The van der Waals surface area contributed by atoms with Gasteiger partial charge >= 0.3 is 5.97 Å². The molecule has 0 N–H and O–H groups in total. The van der Waals surface area contributed by atoms with Crippen molar-refractivity contribution < 1.29 is 19.1 Å². The molecule has 0 heterocycles. The lowest BCUT2D eigenvalue weighted by Gasteiger charge is -2.40. The molecule has 1 aromatic carbocycles. The van der Waals surface area contributed by atoms with Crippen molar-refractivity contribution in [3.63, 3.8) is 0 Å². The maximum atomic E-state index is 13.4. The van der Waals surface area contributed by atoms with Crippen molar-refractivity contribution in [2.75, 3.05) is 13.7 Å². The minimum Gasteiger partial charge on any atom is -0.465 e. The van der Waals surface area contributed by atoms with Crippen LogP contribution in [0, 0.1) is 26.2 Å². The van der Waals surface area contributed by atoms with Crippen LogP contribution < -0.4 is 0 Å². The Balaban J connectivity index is 2.41. The summed E-state index contributed by atoms with van der Waals surface area (Å²) < 4.78 is 10.9. The first-order chi connectivity index (χ1) is 11.9. The molecule has 25 heavy (non-hydrogen) atoms. The van der Waals surface area contributed by atoms with E-state index in [4.69, 9.17) is 9.47 Å². The highest BCUT2D eigenvalue weighted by atomic mass is 16.5. The summed E-state index contributed by atoms with van der Waals surface area (Å²) in [5.41, 5.74) is 3.20. The number of Topliss-reactive ketones (excluding diaryl/α,β-unsaturated/α-hetero) is 1. The first kappa shape index (κ1) is 19.6. The smallest absolute Gasteiger partial charge is 0.322 e. The molecule has 1 saturated carbocycles. The zero-order valence-corrected chi connectivity index (χ0v) is 16.1. The van der Waals surface area contributed by atoms with Crippen LogP contribution in [0.2, 0.25) is 0 Å². The molecule has 1 aliphatic rings. The lowest BCUT2D eigenvalue weighted by Crippen LogP contribution is -2.53. The zero-order chi connectivity index (χ0) is 18.6. The maximum absolute atomic E-state index is 13.4. The number of carbonyl (C=O) groups is 2. The molecule has 1 aromatic rings. The molecule has 1 aliphatic carbocycles. The Morgan fingerprint density at radius 2 is 1.80 bits per heavy atom. The van der Waals surface area contributed by atoms with Gasteiger partial charge in [-0.05, 0) is 57.2 Å². The molecule has 0 bridgehead atoms. The van der Waals surface area contributed by atoms with Gasteiger partial charge in [-0.2, -0.15) is 0 Å². The highest BCUT2D eigenvalue weighted by molar-refractivity contribution is 6.05. The molecule has 0 amide bonds. The van der Waals surface area contributed by atoms with Crippen molar-refractivity contribution in [2.45, 2.75) is 65.9 Å². The van der Waals surface area contributed by atoms with E-state index in [1.165, 1.54) is 5.56 Å². The molecule has 138 valence electrons. The maximum Gasteiger partial charge on any atom is 0.322 e. The van der Waals surface area contributed by atoms with Crippen LogP contribution in [-0.4, -0.2) is 31.6 Å². The Morgan fingerprint density at radius 1 is 1.16 bits per heavy atom. The molecule has 0 spiro atoms. The number of benzene rings is 1. The normalized spacial score (nSPS) is 23.3. The summed E-state index contributed by atoms with van der Waals surface area (Å²) in [7, 11) is 1.58. The minimum absolute atomic E-state index is 0.0763. The van der Waals surface area contributed by atoms with Gasteiger partial charge in [0.15, 0.2) is 11.2 Å². The lowest BCUT2D eigenvalue weighted by molar-refractivity contribution is -0.173. The lowest BCUT2D eigenvalue weighted by atomic mass is 9.67. The van der Waals surface area contributed by atoms with Crippen LogP contribution in [0.1, 0.15) is 54.9 Å². The third-order valence-corrected chi connectivity index (χ3v) is 5.44. The van der Waals surface area contributed by atoms with Crippen LogP contribution in [0.4, 0.5) is 0 Å². The van der Waals surface area contributed by atoms with E-state index in [1.54, 1.807) is 14.0 Å². The van der Waals surface area contributed by atoms with Crippen LogP contribution in [0.5, 0.6) is 0 Å². The average molecular weight is 346 g/mol. The van der Waals surface area contributed by atoms with Gasteiger partial charge in [0.25, 0.3) is 0 Å². The second-order valence-corrected chi connectivity index (χ2v) is 7.14. The van der Waals surface area contributed by atoms with Gasteiger partial charge in [-0.1, -0.05) is 30.5 Å². The highest BCUT2D eigenvalue weighted by Gasteiger charge is 2.54. The molecule has 0 aromatic heterocycles. The monoisotopic (exact) mass is 346 g/mol. The SMILES string of the molecule is CCOC(=O)C1(C(=O)Cc2c(C)cc(C)cc2C)CCCCC1OC. The summed E-state index contributed by atoms with van der Waals surface area (Å²) in [5, 5.41) is 0. The molecule has 4 nitrogen and oxygen atoms in total. The number of ketones is 1. The average Bonchev–Trinajstić information content (AvgIpc) is 2.57. The van der Waals surface area contributed by atoms with Crippen LogP contribution >= 0.6 is 0 Å². The summed E-state index contributed by atoms with van der Waals surface area (Å²) in [6.45, 7) is 8.14. The van der Waals surface area contributed by atoms with Crippen molar-refractivity contribution >= 4 is 11.8 Å². The second kappa shape index (κ2) is 8.13. The largest absolute Gasteiger partial charge is 0.465 e. The number of carbonyl (C=O) groups excluding carboxylic acids is 2. The molecule has 2 atom stereocenters. The topological polar surface area (TPSA) is 52.6 Å². The zero-order valence-electron chi connectivity index (χ0n) is 16.1. The van der Waals surface area contributed by atoms with Crippen molar-refractivity contribution in [3.05, 3.63) is 34.4 Å². The fourth-order valence-electron chi connectivity index (χ4n) is 4.19. The van der Waals surface area contributed by atoms with Crippen LogP contribution in [-0.2, 0) is 25.5 Å². The molecule has 2 unspecified atom stereocenters. The molecular weight excluding hydrogens is 316 g/mol. The van der Waals surface area contributed by atoms with E-state index in [0.29, 0.717) is 12.8 Å².